The van der Waals surface area contributed by atoms with Gasteiger partial charge in [0, 0.05) is 22.9 Å². The monoisotopic (exact) mass is 532 g/mol. The van der Waals surface area contributed by atoms with Gasteiger partial charge >= 0.3 is 0 Å². The number of hydrogen-bond donors (Lipinski definition) is 0. The van der Waals surface area contributed by atoms with Gasteiger partial charge in [-0.05, 0) is 58.5 Å². The van der Waals surface area contributed by atoms with Crippen LogP contribution in [0, 0.1) is 12.7 Å². The number of halogens is 1. The molecule has 41 heavy (non-hydrogen) atoms. The Labute approximate surface area is 238 Å². The zero-order valence-electron chi connectivity index (χ0n) is 22.9. The zero-order chi connectivity index (χ0) is 27.7. The number of aryl methyl sites for hydroxylation is 2. The van der Waals surface area contributed by atoms with E-state index < -0.39 is 5.41 Å². The van der Waals surface area contributed by atoms with E-state index in [0.29, 0.717) is 11.1 Å². The molecule has 0 amide bonds. The van der Waals surface area contributed by atoms with Crippen LogP contribution in [0.5, 0.6) is 0 Å². The number of fused-ring (bicyclic) bond motifs is 6. The molecule has 0 saturated carbocycles. The van der Waals surface area contributed by atoms with Crippen molar-refractivity contribution in [3.8, 4) is 22.4 Å². The van der Waals surface area contributed by atoms with E-state index in [4.69, 9.17) is 4.42 Å². The van der Waals surface area contributed by atoms with Crippen molar-refractivity contribution < 1.29 is 13.4 Å². The maximum atomic E-state index is 16.7. The van der Waals surface area contributed by atoms with Crippen LogP contribution in [0.4, 0.5) is 4.39 Å². The van der Waals surface area contributed by atoms with Crippen molar-refractivity contribution in [2.75, 3.05) is 0 Å². The summed E-state index contributed by atoms with van der Waals surface area (Å²) in [5, 5.41) is 1.89. The van der Waals surface area contributed by atoms with Crippen LogP contribution in [-0.4, -0.2) is 0 Å². The highest BCUT2D eigenvalue weighted by Gasteiger charge is 2.49. The highest BCUT2D eigenvalue weighted by atomic mass is 19.1. The molecule has 3 heteroatoms. The molecule has 2 heterocycles. The van der Waals surface area contributed by atoms with E-state index in [1.165, 1.54) is 0 Å². The summed E-state index contributed by atoms with van der Waals surface area (Å²) in [7, 11) is 2.04. The van der Waals surface area contributed by atoms with Gasteiger partial charge in [0.2, 0.25) is 5.69 Å². The summed E-state index contributed by atoms with van der Waals surface area (Å²) in [5.41, 5.74) is 9.56. The van der Waals surface area contributed by atoms with Crippen LogP contribution in [0.15, 0.2) is 132 Å². The first-order chi connectivity index (χ1) is 20.1. The predicted octanol–water partition coefficient (Wildman–Crippen LogP) is 8.89. The van der Waals surface area contributed by atoms with Crippen LogP contribution >= 0.6 is 0 Å². The second-order valence-electron chi connectivity index (χ2n) is 10.9. The second kappa shape index (κ2) is 8.74. The van der Waals surface area contributed by atoms with E-state index in [9.17, 15) is 0 Å². The second-order valence-corrected chi connectivity index (χ2v) is 10.9. The van der Waals surface area contributed by atoms with Crippen LogP contribution in [0.1, 0.15) is 27.8 Å². The smallest absolute Gasteiger partial charge is 0.216 e. The van der Waals surface area contributed by atoms with Crippen LogP contribution < -0.4 is 4.57 Å². The lowest BCUT2D eigenvalue weighted by atomic mass is 9.67. The molecular weight excluding hydrogens is 505 g/mol. The van der Waals surface area contributed by atoms with Gasteiger partial charge in [-0.3, -0.25) is 0 Å². The lowest BCUT2D eigenvalue weighted by molar-refractivity contribution is -0.660. The number of aromatic nitrogens is 1. The maximum absolute atomic E-state index is 16.7. The van der Waals surface area contributed by atoms with Crippen molar-refractivity contribution >= 4 is 21.9 Å². The Kier molecular flexibility index (Phi) is 5.08. The van der Waals surface area contributed by atoms with Gasteiger partial charge in [-0.2, -0.15) is 0 Å². The summed E-state index contributed by atoms with van der Waals surface area (Å²) in [4.78, 5) is 0. The number of pyridine rings is 1. The van der Waals surface area contributed by atoms with Gasteiger partial charge in [0.05, 0.1) is 16.5 Å². The first-order valence-corrected chi connectivity index (χ1v) is 14.0. The summed E-state index contributed by atoms with van der Waals surface area (Å²) in [6, 6.07) is 41.0. The molecule has 2 nitrogen and oxygen atoms in total. The average molecular weight is 533 g/mol. The lowest BCUT2D eigenvalue weighted by Crippen LogP contribution is -2.30. The molecule has 5 aromatic carbocycles. The van der Waals surface area contributed by atoms with Gasteiger partial charge in [0.1, 0.15) is 24.0 Å². The highest BCUT2D eigenvalue weighted by Crippen LogP contribution is 2.58. The molecular formula is C38H27FNO+. The molecule has 1 aliphatic carbocycles. The Balaban J connectivity index is 1.57. The van der Waals surface area contributed by atoms with E-state index >= 15 is 4.39 Å². The quantitative estimate of drug-likeness (QED) is 0.208. The number of benzene rings is 5. The minimum absolute atomic E-state index is 0.282. The molecule has 0 fully saturated rings. The standard InChI is InChI=1S/C38H27FNO/c1-24-19-20-28-29-21-22-32(39)35(37(29)41-36(28)34(24)33-18-10-11-23-40(33)2)38(25-12-4-3-5-13-25)30-16-8-6-14-26(30)27-15-7-9-17-31(27)38/h3-23H,1-2H3/q+1. The number of furan rings is 1. The average Bonchev–Trinajstić information content (AvgIpc) is 3.52. The van der Waals surface area contributed by atoms with Crippen molar-refractivity contribution in [2.45, 2.75) is 12.3 Å². The number of rotatable bonds is 3. The minimum atomic E-state index is -0.890. The molecule has 196 valence electrons. The van der Waals surface area contributed by atoms with Crippen LogP contribution in [0.3, 0.4) is 0 Å². The lowest BCUT2D eigenvalue weighted by Gasteiger charge is -2.33. The van der Waals surface area contributed by atoms with Gasteiger partial charge in [-0.1, -0.05) is 91.0 Å². The Morgan fingerprint density at radius 2 is 1.24 bits per heavy atom. The summed E-state index contributed by atoms with van der Waals surface area (Å²) in [5.74, 6) is -0.282. The Morgan fingerprint density at radius 3 is 1.95 bits per heavy atom. The fraction of sp³-hybridized carbons (Fsp3) is 0.0789. The molecule has 1 aliphatic rings. The maximum Gasteiger partial charge on any atom is 0.216 e. The van der Waals surface area contributed by atoms with Crippen LogP contribution in [0.25, 0.3) is 44.3 Å². The third-order valence-electron chi connectivity index (χ3n) is 8.81. The van der Waals surface area contributed by atoms with Gasteiger partial charge in [-0.15, -0.1) is 0 Å². The van der Waals surface area contributed by atoms with Gasteiger partial charge < -0.3 is 4.42 Å². The summed E-state index contributed by atoms with van der Waals surface area (Å²) >= 11 is 0. The third-order valence-corrected chi connectivity index (χ3v) is 8.81. The molecule has 0 N–H and O–H groups in total. The Hall–Kier alpha value is -5.02. The summed E-state index contributed by atoms with van der Waals surface area (Å²) in [6.07, 6.45) is 2.04. The fourth-order valence-electron chi connectivity index (χ4n) is 7.08. The largest absolute Gasteiger partial charge is 0.455 e. The highest BCUT2D eigenvalue weighted by molar-refractivity contribution is 6.11. The van der Waals surface area contributed by atoms with Crippen molar-refractivity contribution in [1.82, 2.24) is 0 Å². The van der Waals surface area contributed by atoms with E-state index in [-0.39, 0.29) is 5.82 Å². The fourth-order valence-corrected chi connectivity index (χ4v) is 7.08. The molecule has 7 aromatic rings. The van der Waals surface area contributed by atoms with E-state index in [1.807, 2.05) is 49.6 Å². The van der Waals surface area contributed by atoms with Crippen molar-refractivity contribution in [3.05, 3.63) is 161 Å². The van der Waals surface area contributed by atoms with E-state index in [1.54, 1.807) is 6.07 Å². The Bertz CT molecular complexity index is 2090. The molecule has 8 rings (SSSR count). The minimum Gasteiger partial charge on any atom is -0.455 e. The predicted molar refractivity (Wildman–Crippen MR) is 162 cm³/mol. The molecule has 0 saturated heterocycles. The molecule has 2 aromatic heterocycles. The molecule has 0 radical (unpaired) electrons. The number of hydrogen-bond acceptors (Lipinski definition) is 1. The van der Waals surface area contributed by atoms with Crippen LogP contribution in [0.2, 0.25) is 0 Å². The molecule has 0 unspecified atom stereocenters. The summed E-state index contributed by atoms with van der Waals surface area (Å²) < 4.78 is 25.7. The van der Waals surface area contributed by atoms with Crippen molar-refractivity contribution in [3.63, 3.8) is 0 Å². The van der Waals surface area contributed by atoms with Crippen molar-refractivity contribution in [2.24, 2.45) is 7.05 Å². The van der Waals surface area contributed by atoms with Crippen LogP contribution in [-0.2, 0) is 12.5 Å². The normalized spacial score (nSPS) is 13.4. The molecule has 0 spiro atoms. The molecule has 0 bridgehead atoms. The van der Waals surface area contributed by atoms with Gasteiger partial charge in [-0.25, -0.2) is 8.96 Å². The van der Waals surface area contributed by atoms with E-state index in [2.05, 4.69) is 90.4 Å². The van der Waals surface area contributed by atoms with Gasteiger partial charge in [0.15, 0.2) is 6.20 Å². The number of nitrogens with zero attached hydrogens (tertiary/aromatic N) is 1. The van der Waals surface area contributed by atoms with Gasteiger partial charge in [0.25, 0.3) is 0 Å². The first kappa shape index (κ1) is 23.8. The molecule has 0 atom stereocenters. The SMILES string of the molecule is Cc1ccc2c(oc3c(C4(c5ccccc5)c5ccccc5-c5ccccc54)c(F)ccc32)c1-c1cccc[n+]1C. The zero-order valence-corrected chi connectivity index (χ0v) is 22.9. The first-order valence-electron chi connectivity index (χ1n) is 14.0. The molecule has 0 aliphatic heterocycles. The van der Waals surface area contributed by atoms with Crippen molar-refractivity contribution in [1.29, 1.82) is 0 Å². The topological polar surface area (TPSA) is 17.0 Å². The summed E-state index contributed by atoms with van der Waals surface area (Å²) in [6.45, 7) is 2.10. The third kappa shape index (κ3) is 3.15. The van der Waals surface area contributed by atoms with E-state index in [0.717, 1.165) is 61.0 Å². The Morgan fingerprint density at radius 1 is 0.634 bits per heavy atom.